The molecule has 1 heterocycles. The van der Waals surface area contributed by atoms with Gasteiger partial charge in [0.15, 0.2) is 0 Å². The van der Waals surface area contributed by atoms with Crippen LogP contribution in [0.25, 0.3) is 11.0 Å². The Hall–Kier alpha value is -1.70. The molecule has 1 amide bonds. The van der Waals surface area contributed by atoms with Crippen LogP contribution in [0.15, 0.2) is 33.5 Å². The van der Waals surface area contributed by atoms with Crippen LogP contribution in [0.4, 0.5) is 5.69 Å². The first-order chi connectivity index (χ1) is 10.9. The van der Waals surface area contributed by atoms with Crippen LogP contribution >= 0.6 is 23.4 Å². The Morgan fingerprint density at radius 2 is 2.09 bits per heavy atom. The van der Waals surface area contributed by atoms with Crippen molar-refractivity contribution in [3.05, 3.63) is 40.2 Å². The van der Waals surface area contributed by atoms with Gasteiger partial charge in [-0.25, -0.2) is 4.79 Å². The number of carbonyl (C=O) groups is 1. The van der Waals surface area contributed by atoms with Crippen LogP contribution in [0.2, 0.25) is 0 Å². The molecule has 8 heteroatoms. The number of fused-ring (bicyclic) bond motifs is 1. The van der Waals surface area contributed by atoms with Gasteiger partial charge in [-0.2, -0.15) is 11.8 Å². The Morgan fingerprint density at radius 1 is 1.39 bits per heavy atom. The van der Waals surface area contributed by atoms with Crippen molar-refractivity contribution in [3.8, 4) is 0 Å². The lowest BCUT2D eigenvalue weighted by molar-refractivity contribution is -0.119. The molecule has 0 aliphatic heterocycles. The second kappa shape index (κ2) is 9.44. The van der Waals surface area contributed by atoms with Gasteiger partial charge in [0.1, 0.15) is 5.58 Å². The van der Waals surface area contributed by atoms with Gasteiger partial charge in [-0.05, 0) is 36.1 Å². The molecular formula is C15H20ClN3O3S. The van der Waals surface area contributed by atoms with Crippen molar-refractivity contribution >= 4 is 45.9 Å². The summed E-state index contributed by atoms with van der Waals surface area (Å²) >= 11 is 7.37. The predicted molar refractivity (Wildman–Crippen MR) is 96.6 cm³/mol. The lowest BCUT2D eigenvalue weighted by atomic mass is 10.1. The van der Waals surface area contributed by atoms with Crippen LogP contribution in [0, 0.1) is 0 Å². The largest absolute Gasteiger partial charge is 0.423 e. The van der Waals surface area contributed by atoms with Gasteiger partial charge in [-0.3, -0.25) is 4.79 Å². The molecule has 23 heavy (non-hydrogen) atoms. The van der Waals surface area contributed by atoms with Crippen molar-refractivity contribution in [2.45, 2.75) is 18.3 Å². The van der Waals surface area contributed by atoms with E-state index in [4.69, 9.17) is 33.2 Å². The molecule has 0 saturated heterocycles. The van der Waals surface area contributed by atoms with Crippen molar-refractivity contribution < 1.29 is 9.21 Å². The van der Waals surface area contributed by atoms with Crippen molar-refractivity contribution in [1.82, 2.24) is 0 Å². The highest BCUT2D eigenvalue weighted by molar-refractivity contribution is 7.98. The van der Waals surface area contributed by atoms with Gasteiger partial charge in [0.05, 0.1) is 6.04 Å². The van der Waals surface area contributed by atoms with Gasteiger partial charge in [-0.1, -0.05) is 0 Å². The van der Waals surface area contributed by atoms with Crippen LogP contribution < -0.4 is 22.8 Å². The lowest BCUT2D eigenvalue weighted by Crippen LogP contribution is -2.36. The Kier molecular flexibility index (Phi) is 7.94. The number of hydrogen-bond acceptors (Lipinski definition) is 6. The van der Waals surface area contributed by atoms with E-state index in [9.17, 15) is 9.59 Å². The molecule has 0 aliphatic carbocycles. The van der Waals surface area contributed by atoms with Crippen molar-refractivity contribution in [2.75, 3.05) is 17.7 Å². The van der Waals surface area contributed by atoms with Gasteiger partial charge in [-0.15, -0.1) is 11.6 Å². The second-order valence-corrected chi connectivity index (χ2v) is 6.02. The van der Waals surface area contributed by atoms with Gasteiger partial charge in [0, 0.05) is 29.1 Å². The maximum atomic E-state index is 11.1. The van der Waals surface area contributed by atoms with E-state index in [1.54, 1.807) is 30.0 Å². The van der Waals surface area contributed by atoms with Gasteiger partial charge >= 0.3 is 5.63 Å². The summed E-state index contributed by atoms with van der Waals surface area (Å²) in [5, 5.41) is 0.828. The minimum atomic E-state index is -0.461. The van der Waals surface area contributed by atoms with Crippen LogP contribution in [-0.2, 0) is 10.7 Å². The van der Waals surface area contributed by atoms with E-state index in [0.29, 0.717) is 17.7 Å². The molecule has 6 nitrogen and oxygen atoms in total. The summed E-state index contributed by atoms with van der Waals surface area (Å²) in [5.41, 5.74) is 17.2. The molecule has 1 aromatic carbocycles. The van der Waals surface area contributed by atoms with E-state index in [-0.39, 0.29) is 5.88 Å². The van der Waals surface area contributed by atoms with Crippen molar-refractivity contribution in [2.24, 2.45) is 11.5 Å². The fourth-order valence-corrected chi connectivity index (χ4v) is 2.45. The zero-order valence-electron chi connectivity index (χ0n) is 12.8. The highest BCUT2D eigenvalue weighted by Gasteiger charge is 2.06. The number of hydrogen-bond donors (Lipinski definition) is 3. The van der Waals surface area contributed by atoms with E-state index in [1.807, 2.05) is 6.26 Å². The van der Waals surface area contributed by atoms with Crippen LogP contribution in [0.5, 0.6) is 0 Å². The monoisotopic (exact) mass is 357 g/mol. The number of halogens is 1. The van der Waals surface area contributed by atoms with Crippen LogP contribution in [0.3, 0.4) is 0 Å². The molecule has 1 atom stereocenters. The zero-order valence-corrected chi connectivity index (χ0v) is 14.3. The molecule has 0 unspecified atom stereocenters. The molecular weight excluding hydrogens is 338 g/mol. The second-order valence-electron chi connectivity index (χ2n) is 4.77. The Balaban J connectivity index is 0.000000257. The SMILES string of the molecule is CSCC[C@H](N)C(N)=O.Nc1ccc2c(CCl)cc(=O)oc2c1. The molecule has 0 aliphatic rings. The van der Waals surface area contributed by atoms with Crippen LogP contribution in [-0.4, -0.2) is 24.0 Å². The topological polar surface area (TPSA) is 125 Å². The third kappa shape index (κ3) is 6.13. The van der Waals surface area contributed by atoms with Gasteiger partial charge in [0.25, 0.3) is 0 Å². The van der Waals surface area contributed by atoms with E-state index >= 15 is 0 Å². The summed E-state index contributed by atoms with van der Waals surface area (Å²) in [6, 6.07) is 6.10. The molecule has 2 rings (SSSR count). The van der Waals surface area contributed by atoms with E-state index in [1.165, 1.54) is 6.07 Å². The summed E-state index contributed by atoms with van der Waals surface area (Å²) in [6.45, 7) is 0. The Bertz CT molecular complexity index is 721. The fraction of sp³-hybridized carbons (Fsp3) is 0.333. The molecule has 0 fully saturated rings. The first kappa shape index (κ1) is 19.3. The molecule has 1 aromatic heterocycles. The predicted octanol–water partition coefficient (Wildman–Crippen LogP) is 1.67. The third-order valence-corrected chi connectivity index (χ3v) is 3.93. The average molecular weight is 358 g/mol. The van der Waals surface area contributed by atoms with Crippen molar-refractivity contribution in [3.63, 3.8) is 0 Å². The molecule has 2 aromatic rings. The van der Waals surface area contributed by atoms with E-state index in [2.05, 4.69) is 0 Å². The number of nitrogens with two attached hydrogens (primary N) is 3. The number of amides is 1. The average Bonchev–Trinajstić information content (AvgIpc) is 2.51. The number of alkyl halides is 1. The van der Waals surface area contributed by atoms with Crippen LogP contribution in [0.1, 0.15) is 12.0 Å². The third-order valence-electron chi connectivity index (χ3n) is 3.00. The Labute approximate surface area is 143 Å². The summed E-state index contributed by atoms with van der Waals surface area (Å²) < 4.78 is 4.99. The number of anilines is 1. The molecule has 6 N–H and O–H groups in total. The maximum absolute atomic E-state index is 11.1. The van der Waals surface area contributed by atoms with Gasteiger partial charge < -0.3 is 21.6 Å². The zero-order chi connectivity index (χ0) is 17.4. The highest BCUT2D eigenvalue weighted by Crippen LogP contribution is 2.20. The van der Waals surface area contributed by atoms with Gasteiger partial charge in [0.2, 0.25) is 5.91 Å². The summed E-state index contributed by atoms with van der Waals surface area (Å²) in [5.74, 6) is 0.764. The minimum absolute atomic E-state index is 0.284. The fourth-order valence-electron chi connectivity index (χ4n) is 1.74. The number of thioether (sulfide) groups is 1. The molecule has 0 bridgehead atoms. The number of primary amides is 1. The summed E-state index contributed by atoms with van der Waals surface area (Å²) in [6.07, 6.45) is 2.64. The molecule has 126 valence electrons. The van der Waals surface area contributed by atoms with Crippen molar-refractivity contribution in [1.29, 1.82) is 0 Å². The number of benzene rings is 1. The Morgan fingerprint density at radius 3 is 2.65 bits per heavy atom. The molecule has 0 radical (unpaired) electrons. The quantitative estimate of drug-likeness (QED) is 0.424. The smallest absolute Gasteiger partial charge is 0.336 e. The molecule has 0 spiro atoms. The maximum Gasteiger partial charge on any atom is 0.336 e. The summed E-state index contributed by atoms with van der Waals surface area (Å²) in [7, 11) is 0. The normalized spacial score (nSPS) is 11.6. The number of nitrogen functional groups attached to an aromatic ring is 1. The highest BCUT2D eigenvalue weighted by atomic mass is 35.5. The van der Waals surface area contributed by atoms with E-state index < -0.39 is 17.6 Å². The minimum Gasteiger partial charge on any atom is -0.423 e. The standard InChI is InChI=1S/C10H8ClNO2.C5H12N2OS/c11-5-6-3-10(13)14-9-4-7(12)1-2-8(6)9;1-9-3-2-4(6)5(7)8/h1-4H,5,12H2;4H,2-3,6H2,1H3,(H2,7,8)/t;4-/m.0/s1. The number of carbonyl (C=O) groups excluding carboxylic acids is 1. The first-order valence-electron chi connectivity index (χ1n) is 6.81. The number of rotatable bonds is 5. The molecule has 0 saturated carbocycles. The summed E-state index contributed by atoms with van der Waals surface area (Å²) in [4.78, 5) is 21.4. The first-order valence-corrected chi connectivity index (χ1v) is 8.74. The lowest BCUT2D eigenvalue weighted by Gasteiger charge is -2.03. The van der Waals surface area contributed by atoms with E-state index in [0.717, 1.165) is 16.7 Å².